The molecule has 0 fully saturated rings. The van der Waals surface area contributed by atoms with E-state index < -0.39 is 0 Å². The highest BCUT2D eigenvalue weighted by Crippen LogP contribution is 2.12. The minimum absolute atomic E-state index is 0.563. The van der Waals surface area contributed by atoms with Gasteiger partial charge in [0, 0.05) is 18.7 Å². The van der Waals surface area contributed by atoms with E-state index in [1.54, 1.807) is 0 Å². The molecule has 0 aliphatic rings. The monoisotopic (exact) mass is 209 g/mol. The van der Waals surface area contributed by atoms with E-state index in [0.717, 1.165) is 25.2 Å². The molecule has 0 saturated heterocycles. The summed E-state index contributed by atoms with van der Waals surface area (Å²) in [6.45, 7) is 9.83. The van der Waals surface area contributed by atoms with Gasteiger partial charge in [-0.3, -0.25) is 0 Å². The van der Waals surface area contributed by atoms with Crippen LogP contribution in [0.25, 0.3) is 0 Å². The zero-order chi connectivity index (χ0) is 11.3. The molecule has 0 radical (unpaired) electrons. The Kier molecular flexibility index (Phi) is 4.66. The van der Waals surface area contributed by atoms with Crippen LogP contribution in [0.2, 0.25) is 0 Å². The van der Waals surface area contributed by atoms with Crippen LogP contribution in [0.5, 0.6) is 0 Å². The molecule has 0 saturated carbocycles. The van der Waals surface area contributed by atoms with Gasteiger partial charge in [-0.2, -0.15) is 5.10 Å². The topological polar surface area (TPSA) is 29.9 Å². The first-order chi connectivity index (χ1) is 7.17. The minimum Gasteiger partial charge on any atom is -0.368 e. The standard InChI is InChI=1S/C12H23N3/c1-5-11(6-2)14-12-7-8-13-15(12)9-10(3)4/h7-8,10-11,14H,5-6,9H2,1-4H3. The van der Waals surface area contributed by atoms with Crippen molar-refractivity contribution < 1.29 is 0 Å². The van der Waals surface area contributed by atoms with Crippen molar-refractivity contribution in [2.75, 3.05) is 5.32 Å². The summed E-state index contributed by atoms with van der Waals surface area (Å²) in [5, 5.41) is 7.86. The van der Waals surface area contributed by atoms with Crippen molar-refractivity contribution in [2.24, 2.45) is 5.92 Å². The van der Waals surface area contributed by atoms with Gasteiger partial charge in [0.1, 0.15) is 5.82 Å². The first-order valence-corrected chi connectivity index (χ1v) is 5.95. The van der Waals surface area contributed by atoms with Crippen molar-refractivity contribution in [3.63, 3.8) is 0 Å². The van der Waals surface area contributed by atoms with Crippen LogP contribution in [-0.4, -0.2) is 15.8 Å². The van der Waals surface area contributed by atoms with Crippen molar-refractivity contribution >= 4 is 5.82 Å². The molecule has 1 rings (SSSR count). The second-order valence-corrected chi connectivity index (χ2v) is 4.45. The number of hydrogen-bond donors (Lipinski definition) is 1. The summed E-state index contributed by atoms with van der Waals surface area (Å²) in [7, 11) is 0. The van der Waals surface area contributed by atoms with Gasteiger partial charge in [0.15, 0.2) is 0 Å². The van der Waals surface area contributed by atoms with Crippen LogP contribution in [0.4, 0.5) is 5.82 Å². The summed E-state index contributed by atoms with van der Waals surface area (Å²) in [4.78, 5) is 0. The fourth-order valence-electron chi connectivity index (χ4n) is 1.65. The SMILES string of the molecule is CCC(CC)Nc1ccnn1CC(C)C. The minimum atomic E-state index is 0.563. The molecule has 3 heteroatoms. The molecule has 0 atom stereocenters. The zero-order valence-electron chi connectivity index (χ0n) is 10.3. The van der Waals surface area contributed by atoms with E-state index in [2.05, 4.69) is 48.9 Å². The second kappa shape index (κ2) is 5.79. The lowest BCUT2D eigenvalue weighted by Gasteiger charge is -2.18. The van der Waals surface area contributed by atoms with Gasteiger partial charge in [-0.15, -0.1) is 0 Å². The lowest BCUT2D eigenvalue weighted by molar-refractivity contribution is 0.484. The Hall–Kier alpha value is -0.990. The van der Waals surface area contributed by atoms with Crippen LogP contribution >= 0.6 is 0 Å². The van der Waals surface area contributed by atoms with E-state index in [1.165, 1.54) is 0 Å². The van der Waals surface area contributed by atoms with Crippen molar-refractivity contribution in [2.45, 2.75) is 53.1 Å². The predicted molar refractivity (Wildman–Crippen MR) is 65.1 cm³/mol. The Labute approximate surface area is 92.9 Å². The third-order valence-electron chi connectivity index (χ3n) is 2.59. The lowest BCUT2D eigenvalue weighted by Crippen LogP contribution is -2.20. The third kappa shape index (κ3) is 3.57. The summed E-state index contributed by atoms with van der Waals surface area (Å²) in [5.41, 5.74) is 0. The number of anilines is 1. The molecule has 0 spiro atoms. The predicted octanol–water partition coefficient (Wildman–Crippen LogP) is 3.14. The van der Waals surface area contributed by atoms with Crippen molar-refractivity contribution in [1.82, 2.24) is 9.78 Å². The normalized spacial score (nSPS) is 11.3. The van der Waals surface area contributed by atoms with Crippen LogP contribution in [0, 0.1) is 5.92 Å². The maximum atomic E-state index is 4.33. The average Bonchev–Trinajstić information content (AvgIpc) is 2.61. The number of hydrogen-bond acceptors (Lipinski definition) is 2. The highest BCUT2D eigenvalue weighted by molar-refractivity contribution is 5.35. The van der Waals surface area contributed by atoms with Crippen molar-refractivity contribution in [1.29, 1.82) is 0 Å². The largest absolute Gasteiger partial charge is 0.368 e. The van der Waals surface area contributed by atoms with E-state index in [-0.39, 0.29) is 0 Å². The van der Waals surface area contributed by atoms with E-state index in [0.29, 0.717) is 12.0 Å². The lowest BCUT2D eigenvalue weighted by atomic mass is 10.2. The first-order valence-electron chi connectivity index (χ1n) is 5.95. The summed E-state index contributed by atoms with van der Waals surface area (Å²) in [6, 6.07) is 2.62. The van der Waals surface area contributed by atoms with E-state index in [1.807, 2.05) is 6.20 Å². The Bertz CT molecular complexity index is 274. The average molecular weight is 209 g/mol. The Morgan fingerprint density at radius 2 is 2.00 bits per heavy atom. The zero-order valence-corrected chi connectivity index (χ0v) is 10.3. The number of aromatic nitrogens is 2. The van der Waals surface area contributed by atoms with Gasteiger partial charge in [0.2, 0.25) is 0 Å². The van der Waals surface area contributed by atoms with Gasteiger partial charge in [-0.05, 0) is 18.8 Å². The smallest absolute Gasteiger partial charge is 0.124 e. The van der Waals surface area contributed by atoms with Crippen LogP contribution in [0.3, 0.4) is 0 Å². The van der Waals surface area contributed by atoms with Crippen LogP contribution in [0.1, 0.15) is 40.5 Å². The molecular formula is C12H23N3. The number of nitrogens with zero attached hydrogens (tertiary/aromatic N) is 2. The van der Waals surface area contributed by atoms with E-state index >= 15 is 0 Å². The molecule has 86 valence electrons. The highest BCUT2D eigenvalue weighted by atomic mass is 15.3. The number of rotatable bonds is 6. The van der Waals surface area contributed by atoms with Gasteiger partial charge < -0.3 is 5.32 Å². The maximum Gasteiger partial charge on any atom is 0.124 e. The molecule has 1 heterocycles. The van der Waals surface area contributed by atoms with Crippen LogP contribution in [0.15, 0.2) is 12.3 Å². The maximum absolute atomic E-state index is 4.33. The Morgan fingerprint density at radius 3 is 2.53 bits per heavy atom. The molecular weight excluding hydrogens is 186 g/mol. The van der Waals surface area contributed by atoms with Gasteiger partial charge in [-0.25, -0.2) is 4.68 Å². The molecule has 0 amide bonds. The molecule has 1 N–H and O–H groups in total. The molecule has 0 aromatic carbocycles. The fourth-order valence-corrected chi connectivity index (χ4v) is 1.65. The van der Waals surface area contributed by atoms with Gasteiger partial charge >= 0.3 is 0 Å². The molecule has 0 aliphatic carbocycles. The van der Waals surface area contributed by atoms with Gasteiger partial charge in [-0.1, -0.05) is 27.7 Å². The quantitative estimate of drug-likeness (QED) is 0.780. The molecule has 1 aromatic heterocycles. The molecule has 1 aromatic rings. The fraction of sp³-hybridized carbons (Fsp3) is 0.750. The first kappa shape index (κ1) is 12.1. The van der Waals surface area contributed by atoms with E-state index in [4.69, 9.17) is 0 Å². The summed E-state index contributed by atoms with van der Waals surface area (Å²) >= 11 is 0. The molecule has 0 unspecified atom stereocenters. The Balaban J connectivity index is 2.63. The second-order valence-electron chi connectivity index (χ2n) is 4.45. The summed E-state index contributed by atoms with van der Waals surface area (Å²) in [6.07, 6.45) is 4.18. The van der Waals surface area contributed by atoms with Crippen LogP contribution in [-0.2, 0) is 6.54 Å². The molecule has 0 bridgehead atoms. The van der Waals surface area contributed by atoms with Gasteiger partial charge in [0.25, 0.3) is 0 Å². The van der Waals surface area contributed by atoms with Crippen molar-refractivity contribution in [3.05, 3.63) is 12.3 Å². The van der Waals surface area contributed by atoms with Gasteiger partial charge in [0.05, 0.1) is 6.20 Å². The molecule has 0 aliphatic heterocycles. The van der Waals surface area contributed by atoms with E-state index in [9.17, 15) is 0 Å². The molecule has 15 heavy (non-hydrogen) atoms. The Morgan fingerprint density at radius 1 is 1.33 bits per heavy atom. The number of nitrogens with one attached hydrogen (secondary N) is 1. The van der Waals surface area contributed by atoms with Crippen molar-refractivity contribution in [3.8, 4) is 0 Å². The molecule has 3 nitrogen and oxygen atoms in total. The third-order valence-corrected chi connectivity index (χ3v) is 2.59. The highest BCUT2D eigenvalue weighted by Gasteiger charge is 2.08. The summed E-state index contributed by atoms with van der Waals surface area (Å²) < 4.78 is 2.06. The van der Waals surface area contributed by atoms with Crippen LogP contribution < -0.4 is 5.32 Å². The summed E-state index contributed by atoms with van der Waals surface area (Å²) in [5.74, 6) is 1.78.